The Morgan fingerprint density at radius 1 is 1.41 bits per heavy atom. The highest BCUT2D eigenvalue weighted by Crippen LogP contribution is 2.21. The van der Waals surface area contributed by atoms with Gasteiger partial charge >= 0.3 is 0 Å². The molecule has 1 fully saturated rings. The maximum Gasteiger partial charge on any atom is 0.279 e. The molecule has 0 aromatic heterocycles. The number of alkyl halides is 1. The number of halogens is 1. The van der Waals surface area contributed by atoms with Crippen molar-refractivity contribution in [2.45, 2.75) is 45.6 Å². The molecule has 102 valence electrons. The second kappa shape index (κ2) is 5.99. The Hall–Kier alpha value is 0.350. The molecular formula is C11H23BrN2O2S. The van der Waals surface area contributed by atoms with Crippen LogP contribution in [0.1, 0.15) is 40.0 Å². The van der Waals surface area contributed by atoms with E-state index in [1.165, 1.54) is 0 Å². The fourth-order valence-electron chi connectivity index (χ4n) is 1.80. The molecule has 0 spiro atoms. The van der Waals surface area contributed by atoms with Crippen molar-refractivity contribution >= 4 is 26.1 Å². The summed E-state index contributed by atoms with van der Waals surface area (Å²) in [6, 6.07) is 0. The maximum atomic E-state index is 12.2. The number of rotatable bonds is 5. The van der Waals surface area contributed by atoms with E-state index in [1.54, 1.807) is 4.31 Å². The van der Waals surface area contributed by atoms with Gasteiger partial charge in [-0.1, -0.05) is 29.8 Å². The predicted molar refractivity (Wildman–Crippen MR) is 74.5 cm³/mol. The van der Waals surface area contributed by atoms with E-state index in [0.29, 0.717) is 24.3 Å². The van der Waals surface area contributed by atoms with Gasteiger partial charge in [0.05, 0.1) is 0 Å². The summed E-state index contributed by atoms with van der Waals surface area (Å²) < 4.78 is 28.8. The monoisotopic (exact) mass is 326 g/mol. The largest absolute Gasteiger partial charge is 0.279 e. The van der Waals surface area contributed by atoms with E-state index in [4.69, 9.17) is 0 Å². The summed E-state index contributed by atoms with van der Waals surface area (Å²) in [5, 5.41) is 0.625. The molecule has 1 saturated heterocycles. The molecule has 1 unspecified atom stereocenters. The van der Waals surface area contributed by atoms with E-state index in [-0.39, 0.29) is 0 Å². The lowest BCUT2D eigenvalue weighted by Gasteiger charge is -2.34. The van der Waals surface area contributed by atoms with Gasteiger partial charge in [-0.25, -0.2) is 0 Å². The molecular weight excluding hydrogens is 304 g/mol. The molecule has 1 rings (SSSR count). The third-order valence-corrected chi connectivity index (χ3v) is 6.57. The van der Waals surface area contributed by atoms with Gasteiger partial charge in [-0.15, -0.1) is 0 Å². The van der Waals surface area contributed by atoms with E-state index < -0.39 is 15.7 Å². The van der Waals surface area contributed by atoms with Crippen molar-refractivity contribution in [2.24, 2.45) is 5.92 Å². The first kappa shape index (κ1) is 15.4. The van der Waals surface area contributed by atoms with Crippen LogP contribution in [-0.2, 0) is 10.2 Å². The third kappa shape index (κ3) is 4.19. The minimum Gasteiger partial charge on any atom is -0.195 e. The Labute approximate surface area is 113 Å². The zero-order chi connectivity index (χ0) is 13.1. The highest BCUT2D eigenvalue weighted by atomic mass is 79.9. The summed E-state index contributed by atoms with van der Waals surface area (Å²) in [6.07, 6.45) is 2.68. The predicted octanol–water partition coefficient (Wildman–Crippen LogP) is 2.12. The smallest absolute Gasteiger partial charge is 0.195 e. The highest BCUT2D eigenvalue weighted by Gasteiger charge is 2.32. The van der Waals surface area contributed by atoms with Crippen LogP contribution in [0.3, 0.4) is 0 Å². The molecule has 0 aromatic rings. The van der Waals surface area contributed by atoms with Gasteiger partial charge in [0.1, 0.15) is 0 Å². The zero-order valence-electron chi connectivity index (χ0n) is 10.9. The molecule has 1 atom stereocenters. The van der Waals surface area contributed by atoms with Crippen LogP contribution in [0.4, 0.5) is 0 Å². The summed E-state index contributed by atoms with van der Waals surface area (Å²) in [6.45, 7) is 7.36. The van der Waals surface area contributed by atoms with Gasteiger partial charge in [-0.3, -0.25) is 0 Å². The lowest BCUT2D eigenvalue weighted by Crippen LogP contribution is -2.54. The molecule has 0 amide bonds. The van der Waals surface area contributed by atoms with E-state index >= 15 is 0 Å². The first-order valence-electron chi connectivity index (χ1n) is 6.18. The van der Waals surface area contributed by atoms with Crippen molar-refractivity contribution in [2.75, 3.05) is 18.4 Å². The first-order valence-corrected chi connectivity index (χ1v) is 8.74. The van der Waals surface area contributed by atoms with Crippen LogP contribution < -0.4 is 4.72 Å². The fourth-order valence-corrected chi connectivity index (χ4v) is 4.18. The van der Waals surface area contributed by atoms with Gasteiger partial charge in [0.25, 0.3) is 10.2 Å². The lowest BCUT2D eigenvalue weighted by molar-refractivity contribution is 0.279. The standard InChI is InChI=1S/C11H23BrN2O2S/c1-4-11(3,9-12)13-17(15,16)14-7-5-10(2)6-8-14/h10,13H,4-9H2,1-3H3. The van der Waals surface area contributed by atoms with Gasteiger partial charge in [-0.2, -0.15) is 17.4 Å². The zero-order valence-corrected chi connectivity index (χ0v) is 13.3. The molecule has 17 heavy (non-hydrogen) atoms. The minimum atomic E-state index is -3.34. The summed E-state index contributed by atoms with van der Waals surface area (Å²) in [7, 11) is -3.34. The Bertz CT molecular complexity index is 333. The van der Waals surface area contributed by atoms with Crippen LogP contribution in [-0.4, -0.2) is 36.7 Å². The molecule has 1 aliphatic rings. The van der Waals surface area contributed by atoms with Crippen molar-refractivity contribution in [3.8, 4) is 0 Å². The van der Waals surface area contributed by atoms with Crippen LogP contribution in [0, 0.1) is 5.92 Å². The Balaban J connectivity index is 2.68. The first-order chi connectivity index (χ1) is 7.83. The van der Waals surface area contributed by atoms with Crippen molar-refractivity contribution in [3.05, 3.63) is 0 Å². The van der Waals surface area contributed by atoms with E-state index in [0.717, 1.165) is 19.3 Å². The molecule has 1 N–H and O–H groups in total. The SMILES string of the molecule is CCC(C)(CBr)NS(=O)(=O)N1CCC(C)CC1. The molecule has 1 aliphatic heterocycles. The van der Waals surface area contributed by atoms with Gasteiger partial charge < -0.3 is 0 Å². The molecule has 6 heteroatoms. The number of piperidine rings is 1. The molecule has 0 bridgehead atoms. The summed E-state index contributed by atoms with van der Waals surface area (Å²) in [5.41, 5.74) is -0.401. The van der Waals surface area contributed by atoms with Gasteiger partial charge in [0.2, 0.25) is 0 Å². The number of hydrogen-bond acceptors (Lipinski definition) is 2. The Kier molecular flexibility index (Phi) is 5.43. The van der Waals surface area contributed by atoms with Crippen LogP contribution in [0.2, 0.25) is 0 Å². The van der Waals surface area contributed by atoms with Gasteiger partial charge in [0.15, 0.2) is 0 Å². The van der Waals surface area contributed by atoms with E-state index in [2.05, 4.69) is 27.6 Å². The number of nitrogens with one attached hydrogen (secondary N) is 1. The van der Waals surface area contributed by atoms with Gasteiger partial charge in [-0.05, 0) is 32.1 Å². The Morgan fingerprint density at radius 2 is 1.94 bits per heavy atom. The third-order valence-electron chi connectivity index (χ3n) is 3.53. The molecule has 0 aliphatic carbocycles. The minimum absolute atomic E-state index is 0.401. The average Bonchev–Trinajstić information content (AvgIpc) is 2.29. The highest BCUT2D eigenvalue weighted by molar-refractivity contribution is 9.09. The molecule has 0 radical (unpaired) electrons. The van der Waals surface area contributed by atoms with Crippen LogP contribution in [0.15, 0.2) is 0 Å². The average molecular weight is 327 g/mol. The van der Waals surface area contributed by atoms with Crippen LogP contribution in [0.5, 0.6) is 0 Å². The maximum absolute atomic E-state index is 12.2. The molecule has 0 saturated carbocycles. The lowest BCUT2D eigenvalue weighted by atomic mass is 10.0. The molecule has 4 nitrogen and oxygen atoms in total. The van der Waals surface area contributed by atoms with Crippen molar-refractivity contribution in [1.82, 2.24) is 9.03 Å². The fraction of sp³-hybridized carbons (Fsp3) is 1.00. The van der Waals surface area contributed by atoms with Crippen molar-refractivity contribution in [3.63, 3.8) is 0 Å². The van der Waals surface area contributed by atoms with Crippen LogP contribution >= 0.6 is 15.9 Å². The summed E-state index contributed by atoms with van der Waals surface area (Å²) >= 11 is 3.37. The molecule has 1 heterocycles. The van der Waals surface area contributed by atoms with Crippen LogP contribution in [0.25, 0.3) is 0 Å². The van der Waals surface area contributed by atoms with Crippen molar-refractivity contribution in [1.29, 1.82) is 0 Å². The second-order valence-electron chi connectivity index (χ2n) is 5.24. The number of nitrogens with zero attached hydrogens (tertiary/aromatic N) is 1. The van der Waals surface area contributed by atoms with Gasteiger partial charge in [0, 0.05) is 24.0 Å². The van der Waals surface area contributed by atoms with E-state index in [1.807, 2.05) is 13.8 Å². The summed E-state index contributed by atoms with van der Waals surface area (Å²) in [4.78, 5) is 0. The van der Waals surface area contributed by atoms with E-state index in [9.17, 15) is 8.42 Å². The Morgan fingerprint density at radius 3 is 2.35 bits per heavy atom. The molecule has 0 aromatic carbocycles. The normalized spacial score (nSPS) is 23.5. The quantitative estimate of drug-likeness (QED) is 0.787. The van der Waals surface area contributed by atoms with Crippen molar-refractivity contribution < 1.29 is 8.42 Å². The second-order valence-corrected chi connectivity index (χ2v) is 7.47. The topological polar surface area (TPSA) is 49.4 Å². The number of hydrogen-bond donors (Lipinski definition) is 1. The summed E-state index contributed by atoms with van der Waals surface area (Å²) in [5.74, 6) is 0.634.